The van der Waals surface area contributed by atoms with Gasteiger partial charge in [-0.1, -0.05) is 36.4 Å². The molecule has 0 aliphatic carbocycles. The van der Waals surface area contributed by atoms with Crippen molar-refractivity contribution >= 4 is 35.6 Å². The lowest BCUT2D eigenvalue weighted by Gasteiger charge is -2.34. The topological polar surface area (TPSA) is 61.4 Å². The molecule has 2 N–H and O–H groups in total. The van der Waals surface area contributed by atoms with Crippen LogP contribution >= 0.6 is 23.7 Å². The van der Waals surface area contributed by atoms with Crippen molar-refractivity contribution in [2.75, 3.05) is 20.1 Å². The molecule has 1 aliphatic heterocycles. The largest absolute Gasteiger partial charge is 0.341 e. The summed E-state index contributed by atoms with van der Waals surface area (Å²) in [4.78, 5) is 28.1. The Morgan fingerprint density at radius 3 is 2.44 bits per heavy atom. The fraction of sp³-hybridized carbons (Fsp3) is 0.400. The van der Waals surface area contributed by atoms with Crippen LogP contribution in [-0.4, -0.2) is 48.9 Å². The van der Waals surface area contributed by atoms with Gasteiger partial charge in [-0.2, -0.15) is 0 Å². The Kier molecular flexibility index (Phi) is 8.28. The standard InChI is InChI=1S/C20H25N3O2S.ClH/c1-21-16-9-11-23(12-10-16)20(25)17(14-15-6-3-2-4-7-15)22-19(24)18-8-5-13-26-18;/h2-8,13,16-17,21H,9-12,14H2,1H3,(H,22,24);1H. The van der Waals surface area contributed by atoms with E-state index in [-0.39, 0.29) is 24.2 Å². The summed E-state index contributed by atoms with van der Waals surface area (Å²) in [7, 11) is 1.96. The van der Waals surface area contributed by atoms with E-state index in [1.54, 1.807) is 6.07 Å². The van der Waals surface area contributed by atoms with E-state index in [1.807, 2.05) is 53.7 Å². The third-order valence-electron chi connectivity index (χ3n) is 4.85. The van der Waals surface area contributed by atoms with Gasteiger partial charge in [-0.15, -0.1) is 23.7 Å². The van der Waals surface area contributed by atoms with Crippen molar-refractivity contribution in [3.63, 3.8) is 0 Å². The molecule has 1 atom stereocenters. The summed E-state index contributed by atoms with van der Waals surface area (Å²) in [5, 5.41) is 8.10. The highest BCUT2D eigenvalue weighted by atomic mass is 35.5. The van der Waals surface area contributed by atoms with E-state index in [1.165, 1.54) is 11.3 Å². The third kappa shape index (κ3) is 5.79. The van der Waals surface area contributed by atoms with Gasteiger partial charge in [0.1, 0.15) is 6.04 Å². The Hall–Kier alpha value is -1.89. The fourth-order valence-electron chi connectivity index (χ4n) is 3.30. The number of carbonyl (C=O) groups is 2. The number of likely N-dealkylation sites (tertiary alicyclic amines) is 1. The SMILES string of the molecule is CNC1CCN(C(=O)C(Cc2ccccc2)NC(=O)c2cccs2)CC1.Cl. The van der Waals surface area contributed by atoms with E-state index in [9.17, 15) is 9.59 Å². The zero-order chi connectivity index (χ0) is 18.4. The number of rotatable bonds is 6. The molecule has 1 aromatic carbocycles. The van der Waals surface area contributed by atoms with Crippen molar-refractivity contribution in [3.05, 3.63) is 58.3 Å². The van der Waals surface area contributed by atoms with Crippen LogP contribution in [0.25, 0.3) is 0 Å². The monoisotopic (exact) mass is 407 g/mol. The van der Waals surface area contributed by atoms with Crippen LogP contribution in [-0.2, 0) is 11.2 Å². The number of hydrogen-bond donors (Lipinski definition) is 2. The van der Waals surface area contributed by atoms with E-state index >= 15 is 0 Å². The molecule has 2 aromatic rings. The van der Waals surface area contributed by atoms with Crippen LogP contribution in [0.4, 0.5) is 0 Å². The van der Waals surface area contributed by atoms with Gasteiger partial charge in [-0.3, -0.25) is 9.59 Å². The molecule has 0 saturated carbocycles. The minimum atomic E-state index is -0.543. The lowest BCUT2D eigenvalue weighted by Crippen LogP contribution is -2.53. The molecule has 1 aromatic heterocycles. The molecule has 3 rings (SSSR count). The molecule has 5 nitrogen and oxygen atoms in total. The maximum Gasteiger partial charge on any atom is 0.262 e. The molecule has 2 amide bonds. The second-order valence-corrected chi connectivity index (χ2v) is 7.53. The average molecular weight is 408 g/mol. The van der Waals surface area contributed by atoms with Crippen LogP contribution < -0.4 is 10.6 Å². The van der Waals surface area contributed by atoms with Crippen molar-refractivity contribution in [2.45, 2.75) is 31.3 Å². The number of thiophene rings is 1. The molecule has 1 fully saturated rings. The summed E-state index contributed by atoms with van der Waals surface area (Å²) in [6.07, 6.45) is 2.39. The Bertz CT molecular complexity index is 716. The predicted octanol–water partition coefficient (Wildman–Crippen LogP) is 2.72. The summed E-state index contributed by atoms with van der Waals surface area (Å²) in [5.74, 6) is -0.173. The summed E-state index contributed by atoms with van der Waals surface area (Å²) < 4.78 is 0. The normalized spacial score (nSPS) is 15.7. The molecule has 0 bridgehead atoms. The van der Waals surface area contributed by atoms with Crippen LogP contribution in [0.5, 0.6) is 0 Å². The van der Waals surface area contributed by atoms with E-state index in [4.69, 9.17) is 0 Å². The minimum Gasteiger partial charge on any atom is -0.341 e. The van der Waals surface area contributed by atoms with Crippen LogP contribution in [0, 0.1) is 0 Å². The van der Waals surface area contributed by atoms with Gasteiger partial charge in [0.15, 0.2) is 0 Å². The summed E-state index contributed by atoms with van der Waals surface area (Å²) in [5.41, 5.74) is 1.04. The summed E-state index contributed by atoms with van der Waals surface area (Å²) in [6.45, 7) is 1.45. The zero-order valence-electron chi connectivity index (χ0n) is 15.4. The van der Waals surface area contributed by atoms with E-state index in [0.717, 1.165) is 31.5 Å². The van der Waals surface area contributed by atoms with Crippen LogP contribution in [0.2, 0.25) is 0 Å². The average Bonchev–Trinajstić information content (AvgIpc) is 3.23. The molecule has 7 heteroatoms. The van der Waals surface area contributed by atoms with Crippen LogP contribution in [0.1, 0.15) is 28.1 Å². The minimum absolute atomic E-state index is 0. The van der Waals surface area contributed by atoms with Crippen LogP contribution in [0.15, 0.2) is 47.8 Å². The van der Waals surface area contributed by atoms with E-state index in [2.05, 4.69) is 10.6 Å². The van der Waals surface area contributed by atoms with Gasteiger partial charge in [0.2, 0.25) is 5.91 Å². The molecule has 1 saturated heterocycles. The van der Waals surface area contributed by atoms with Crippen molar-refractivity contribution in [2.24, 2.45) is 0 Å². The van der Waals surface area contributed by atoms with Gasteiger partial charge in [0, 0.05) is 25.6 Å². The molecule has 0 spiro atoms. The third-order valence-corrected chi connectivity index (χ3v) is 5.71. The highest BCUT2D eigenvalue weighted by Crippen LogP contribution is 2.15. The predicted molar refractivity (Wildman–Crippen MR) is 112 cm³/mol. The zero-order valence-corrected chi connectivity index (χ0v) is 17.0. The van der Waals surface area contributed by atoms with Crippen molar-refractivity contribution in [3.8, 4) is 0 Å². The lowest BCUT2D eigenvalue weighted by molar-refractivity contribution is -0.134. The highest BCUT2D eigenvalue weighted by Gasteiger charge is 2.29. The van der Waals surface area contributed by atoms with Gasteiger partial charge in [0.05, 0.1) is 4.88 Å². The summed E-state index contributed by atoms with van der Waals surface area (Å²) in [6, 6.07) is 13.4. The smallest absolute Gasteiger partial charge is 0.262 e. The number of hydrogen-bond acceptors (Lipinski definition) is 4. The van der Waals surface area contributed by atoms with Gasteiger partial charge in [0.25, 0.3) is 5.91 Å². The summed E-state index contributed by atoms with van der Waals surface area (Å²) >= 11 is 1.38. The van der Waals surface area contributed by atoms with Crippen molar-refractivity contribution < 1.29 is 9.59 Å². The van der Waals surface area contributed by atoms with Crippen LogP contribution in [0.3, 0.4) is 0 Å². The molecule has 1 unspecified atom stereocenters. The number of carbonyl (C=O) groups excluding carboxylic acids is 2. The van der Waals surface area contributed by atoms with Gasteiger partial charge in [-0.05, 0) is 36.9 Å². The van der Waals surface area contributed by atoms with E-state index < -0.39 is 6.04 Å². The quantitative estimate of drug-likeness (QED) is 0.774. The molecule has 0 radical (unpaired) electrons. The number of nitrogens with one attached hydrogen (secondary N) is 2. The first kappa shape index (κ1) is 21.4. The molecule has 1 aliphatic rings. The fourth-order valence-corrected chi connectivity index (χ4v) is 3.92. The lowest BCUT2D eigenvalue weighted by atomic mass is 10.0. The number of piperidine rings is 1. The van der Waals surface area contributed by atoms with Gasteiger partial charge < -0.3 is 15.5 Å². The molecular weight excluding hydrogens is 382 g/mol. The molecule has 146 valence electrons. The number of amides is 2. The first-order chi connectivity index (χ1) is 12.7. The number of benzene rings is 1. The second-order valence-electron chi connectivity index (χ2n) is 6.58. The molecule has 2 heterocycles. The Labute approximate surface area is 170 Å². The Balaban J connectivity index is 0.00000261. The molecular formula is C20H26ClN3O2S. The van der Waals surface area contributed by atoms with E-state index in [0.29, 0.717) is 17.3 Å². The van der Waals surface area contributed by atoms with Gasteiger partial charge >= 0.3 is 0 Å². The number of nitrogens with zero attached hydrogens (tertiary/aromatic N) is 1. The highest BCUT2D eigenvalue weighted by molar-refractivity contribution is 7.12. The second kappa shape index (κ2) is 10.4. The first-order valence-electron chi connectivity index (χ1n) is 9.01. The van der Waals surface area contributed by atoms with Gasteiger partial charge in [-0.25, -0.2) is 0 Å². The maximum atomic E-state index is 13.1. The Morgan fingerprint density at radius 2 is 1.85 bits per heavy atom. The first-order valence-corrected chi connectivity index (χ1v) is 9.89. The van der Waals surface area contributed by atoms with Crippen molar-refractivity contribution in [1.29, 1.82) is 0 Å². The maximum absolute atomic E-state index is 13.1. The molecule has 27 heavy (non-hydrogen) atoms. The number of halogens is 1. The van der Waals surface area contributed by atoms with Crippen molar-refractivity contribution in [1.82, 2.24) is 15.5 Å². The Morgan fingerprint density at radius 1 is 1.15 bits per heavy atom.